The van der Waals surface area contributed by atoms with Crippen LogP contribution < -0.4 is 10.6 Å². The molecule has 0 radical (unpaired) electrons. The second-order valence-corrected chi connectivity index (χ2v) is 11.8. The maximum absolute atomic E-state index is 13.7. The minimum atomic E-state index is -3.98. The van der Waals surface area contributed by atoms with E-state index in [1.165, 1.54) is 12.1 Å². The van der Waals surface area contributed by atoms with Crippen LogP contribution in [0.5, 0.6) is 0 Å². The predicted molar refractivity (Wildman–Crippen MR) is 119 cm³/mol. The van der Waals surface area contributed by atoms with Crippen molar-refractivity contribution < 1.29 is 35.9 Å². The van der Waals surface area contributed by atoms with Crippen LogP contribution in [0.25, 0.3) is 0 Å². The van der Waals surface area contributed by atoms with E-state index in [2.05, 4.69) is 10.6 Å². The molecule has 2 atom stereocenters. The van der Waals surface area contributed by atoms with Gasteiger partial charge in [0.2, 0.25) is 0 Å². The summed E-state index contributed by atoms with van der Waals surface area (Å²) in [6, 6.07) is 4.91. The highest BCUT2D eigenvalue weighted by Gasteiger charge is 2.57. The van der Waals surface area contributed by atoms with Crippen LogP contribution in [-0.4, -0.2) is 37.8 Å². The van der Waals surface area contributed by atoms with E-state index < -0.39 is 50.1 Å². The number of amides is 2. The highest BCUT2D eigenvalue weighted by atomic mass is 35.5. The average Bonchev–Trinajstić information content (AvgIpc) is 3.29. The normalized spacial score (nSPS) is 27.5. The summed E-state index contributed by atoms with van der Waals surface area (Å²) in [5, 5.41) is 4.07. The molecular weight excluding hydrogens is 509 g/mol. The van der Waals surface area contributed by atoms with Gasteiger partial charge in [0.15, 0.2) is 27.3 Å². The number of fused-ring (bicyclic) bond motifs is 2. The minimum Gasteiger partial charge on any atom is -0.441 e. The molecule has 1 spiro atoms. The van der Waals surface area contributed by atoms with Gasteiger partial charge in [-0.25, -0.2) is 26.4 Å². The van der Waals surface area contributed by atoms with E-state index in [-0.39, 0.29) is 33.0 Å². The molecule has 1 heterocycles. The van der Waals surface area contributed by atoms with E-state index >= 15 is 0 Å². The van der Waals surface area contributed by atoms with Gasteiger partial charge < -0.3 is 15.4 Å². The third-order valence-corrected chi connectivity index (χ3v) is 9.95. The molecule has 2 N–H and O–H groups in total. The first-order valence-corrected chi connectivity index (χ1v) is 12.9. The lowest BCUT2D eigenvalue weighted by Crippen LogP contribution is -2.48. The highest BCUT2D eigenvalue weighted by molar-refractivity contribution is 7.92. The number of carbonyl (C=O) groups is 2. The van der Waals surface area contributed by atoms with Gasteiger partial charge in [0.1, 0.15) is 5.60 Å². The van der Waals surface area contributed by atoms with Crippen molar-refractivity contribution in [3.8, 4) is 0 Å². The topological polar surface area (TPSA) is 102 Å². The maximum atomic E-state index is 13.7. The first-order valence-electron chi connectivity index (χ1n) is 11.0. The van der Waals surface area contributed by atoms with Crippen LogP contribution in [0, 0.1) is 29.3 Å². The van der Waals surface area contributed by atoms with Crippen molar-refractivity contribution in [1.29, 1.82) is 0 Å². The van der Waals surface area contributed by atoms with E-state index in [1.54, 1.807) is 0 Å². The van der Waals surface area contributed by atoms with E-state index in [0.29, 0.717) is 44.4 Å². The van der Waals surface area contributed by atoms with Gasteiger partial charge in [-0.3, -0.25) is 4.79 Å². The smallest absolute Gasteiger partial charge is 0.407 e. The van der Waals surface area contributed by atoms with Crippen LogP contribution in [-0.2, 0) is 14.6 Å². The Morgan fingerprint density at radius 3 is 2.29 bits per heavy atom. The molecule has 186 valence electrons. The monoisotopic (exact) mass is 528 g/mol. The molecule has 3 aliphatic rings. The molecule has 1 aliphatic heterocycles. The zero-order valence-corrected chi connectivity index (χ0v) is 19.7. The number of hydrogen-bond donors (Lipinski definition) is 2. The largest absolute Gasteiger partial charge is 0.441 e. The Balaban J connectivity index is 1.41. The molecule has 2 aromatic carbocycles. The van der Waals surface area contributed by atoms with Crippen molar-refractivity contribution in [2.45, 2.75) is 41.4 Å². The number of hydrogen-bond acceptors (Lipinski definition) is 5. The number of anilines is 1. The number of alkyl carbamates (subject to hydrolysis) is 1. The van der Waals surface area contributed by atoms with Gasteiger partial charge in [0.05, 0.1) is 21.7 Å². The van der Waals surface area contributed by atoms with Gasteiger partial charge in [-0.1, -0.05) is 11.6 Å². The Morgan fingerprint density at radius 2 is 1.71 bits per heavy atom. The number of carbonyl (C=O) groups excluding carboxylic acids is 2. The highest BCUT2D eigenvalue weighted by Crippen LogP contribution is 2.53. The summed E-state index contributed by atoms with van der Waals surface area (Å²) >= 11 is 6.25. The van der Waals surface area contributed by atoms with Crippen LogP contribution in [0.1, 0.15) is 36.0 Å². The van der Waals surface area contributed by atoms with E-state index in [0.717, 1.165) is 6.07 Å². The Hall–Kier alpha value is -2.79. The van der Waals surface area contributed by atoms with Crippen molar-refractivity contribution in [2.75, 3.05) is 11.9 Å². The van der Waals surface area contributed by atoms with Crippen LogP contribution in [0.2, 0.25) is 5.02 Å². The fourth-order valence-electron chi connectivity index (χ4n) is 5.69. The van der Waals surface area contributed by atoms with Crippen LogP contribution in [0.4, 0.5) is 23.7 Å². The molecule has 2 unspecified atom stereocenters. The number of nitrogens with one attached hydrogen (secondary N) is 2. The zero-order valence-electron chi connectivity index (χ0n) is 18.1. The van der Waals surface area contributed by atoms with Crippen LogP contribution >= 0.6 is 11.6 Å². The van der Waals surface area contributed by atoms with Gasteiger partial charge in [0.25, 0.3) is 5.91 Å². The third-order valence-electron chi connectivity index (χ3n) is 7.07. The third kappa shape index (κ3) is 4.14. The lowest BCUT2D eigenvalue weighted by molar-refractivity contribution is 0.00456. The molecule has 0 aromatic heterocycles. The standard InChI is InChI=1S/C23H20ClF3N2O5S/c24-15-4-3-11(21(30)29-14-6-16(25)19(27)17(26)7-14)5-18(15)35(32,33)20-12-1-2-13(20)9-23(8-12)10-28-22(31)34-23/h3-7,12-13,20H,1-2,8-10H2,(H,28,31)(H,29,30)/t12?,13?,20-,23+. The van der Waals surface area contributed by atoms with Crippen LogP contribution in [0.3, 0.4) is 0 Å². The summed E-state index contributed by atoms with van der Waals surface area (Å²) in [7, 11) is -3.98. The number of rotatable bonds is 4. The summed E-state index contributed by atoms with van der Waals surface area (Å²) < 4.78 is 73.1. The summed E-state index contributed by atoms with van der Waals surface area (Å²) in [5.74, 6) is -5.97. The Bertz CT molecular complexity index is 1320. The van der Waals surface area contributed by atoms with Gasteiger partial charge in [0, 0.05) is 23.4 Å². The van der Waals surface area contributed by atoms with Crippen molar-refractivity contribution in [3.05, 3.63) is 58.4 Å². The average molecular weight is 529 g/mol. The lowest BCUT2D eigenvalue weighted by Gasteiger charge is -2.40. The maximum Gasteiger partial charge on any atom is 0.407 e. The molecule has 2 saturated carbocycles. The van der Waals surface area contributed by atoms with Crippen LogP contribution in [0.15, 0.2) is 35.2 Å². The summed E-state index contributed by atoms with van der Waals surface area (Å²) in [5.41, 5.74) is -1.15. The number of benzene rings is 2. The fraction of sp³-hybridized carbons (Fsp3) is 0.391. The quantitative estimate of drug-likeness (QED) is 0.571. The molecule has 12 heteroatoms. The van der Waals surface area contributed by atoms with Crippen molar-refractivity contribution >= 4 is 39.1 Å². The number of ether oxygens (including phenoxy) is 1. The molecule has 5 rings (SSSR count). The Morgan fingerprint density at radius 1 is 1.09 bits per heavy atom. The molecule has 3 fully saturated rings. The zero-order chi connectivity index (χ0) is 25.1. The SMILES string of the molecule is O=C1NC[C@]2(CC3CCC(C2)[C@H]3S(=O)(=O)c2cc(C(=O)Nc3cc(F)c(F)c(F)c3)ccc2Cl)O1. The van der Waals surface area contributed by atoms with E-state index in [4.69, 9.17) is 16.3 Å². The summed E-state index contributed by atoms with van der Waals surface area (Å²) in [6.45, 7) is 0.340. The van der Waals surface area contributed by atoms with Crippen molar-refractivity contribution in [3.63, 3.8) is 0 Å². The van der Waals surface area contributed by atoms with Gasteiger partial charge in [-0.15, -0.1) is 0 Å². The molecule has 2 bridgehead atoms. The summed E-state index contributed by atoms with van der Waals surface area (Å²) in [4.78, 5) is 24.1. The number of halogens is 4. The van der Waals surface area contributed by atoms with Gasteiger partial charge >= 0.3 is 6.09 Å². The molecule has 2 aromatic rings. The molecule has 2 amide bonds. The molecule has 2 aliphatic carbocycles. The van der Waals surface area contributed by atoms with E-state index in [9.17, 15) is 31.2 Å². The lowest BCUT2D eigenvalue weighted by atomic mass is 9.77. The summed E-state index contributed by atoms with van der Waals surface area (Å²) in [6.07, 6.45) is 1.63. The first kappa shape index (κ1) is 23.9. The second kappa shape index (κ2) is 8.41. The molecular formula is C23H20ClF3N2O5S. The van der Waals surface area contributed by atoms with Gasteiger partial charge in [-0.2, -0.15) is 0 Å². The molecule has 35 heavy (non-hydrogen) atoms. The Kier molecular flexibility index (Phi) is 5.75. The molecule has 7 nitrogen and oxygen atoms in total. The number of sulfone groups is 1. The predicted octanol–water partition coefficient (Wildman–Crippen LogP) is 4.45. The van der Waals surface area contributed by atoms with Crippen molar-refractivity contribution in [1.82, 2.24) is 5.32 Å². The first-order chi connectivity index (χ1) is 16.5. The minimum absolute atomic E-state index is 0.0610. The Labute approximate surface area is 203 Å². The van der Waals surface area contributed by atoms with Gasteiger partial charge in [-0.05, 0) is 55.7 Å². The van der Waals surface area contributed by atoms with E-state index in [1.807, 2.05) is 0 Å². The second-order valence-electron chi connectivity index (χ2n) is 9.29. The fourth-order valence-corrected chi connectivity index (χ4v) is 8.54. The molecule has 1 saturated heterocycles. The van der Waals surface area contributed by atoms with Crippen molar-refractivity contribution in [2.24, 2.45) is 11.8 Å².